The van der Waals surface area contributed by atoms with Gasteiger partial charge < -0.3 is 14.8 Å². The Hall–Kier alpha value is -2.18. The molecular formula is C16H22N4O3. The molecule has 1 spiro atoms. The van der Waals surface area contributed by atoms with E-state index in [0.717, 1.165) is 19.4 Å². The summed E-state index contributed by atoms with van der Waals surface area (Å²) in [5.41, 5.74) is -1.45. The molecular weight excluding hydrogens is 296 g/mol. The van der Waals surface area contributed by atoms with Crippen LogP contribution in [-0.2, 0) is 4.79 Å². The van der Waals surface area contributed by atoms with Crippen LogP contribution in [0.4, 0.5) is 0 Å². The van der Waals surface area contributed by atoms with E-state index in [0.29, 0.717) is 19.4 Å². The minimum atomic E-state index is -0.802. The number of rotatable bonds is 2. The molecule has 2 aliphatic heterocycles. The zero-order chi connectivity index (χ0) is 16.6. The third kappa shape index (κ3) is 2.44. The molecule has 2 fully saturated rings. The minimum Gasteiger partial charge on any atom is -0.338 e. The van der Waals surface area contributed by atoms with Gasteiger partial charge in [-0.2, -0.15) is 0 Å². The molecule has 0 radical (unpaired) electrons. The number of amides is 2. The van der Waals surface area contributed by atoms with Gasteiger partial charge in [-0.25, -0.2) is 4.98 Å². The van der Waals surface area contributed by atoms with Crippen LogP contribution in [0.25, 0.3) is 0 Å². The predicted molar refractivity (Wildman–Crippen MR) is 83.9 cm³/mol. The number of aromatic amines is 1. The van der Waals surface area contributed by atoms with Crippen LogP contribution in [0.2, 0.25) is 0 Å². The van der Waals surface area contributed by atoms with Crippen LogP contribution in [0.15, 0.2) is 17.2 Å². The lowest BCUT2D eigenvalue weighted by Gasteiger charge is -2.45. The standard InChI is InChI=1S/C16H22N4O3/c1-11(2)19-9-3-5-16(15(19)23)6-4-10-20(16)14(22)12-13(21)18-8-7-17-12/h7-8,11H,3-6,9-10H2,1-2H3,(H,18,21). The second-order valence-corrected chi connectivity index (χ2v) is 6.55. The monoisotopic (exact) mass is 318 g/mol. The van der Waals surface area contributed by atoms with Crippen molar-refractivity contribution in [2.75, 3.05) is 13.1 Å². The molecule has 1 atom stereocenters. The summed E-state index contributed by atoms with van der Waals surface area (Å²) in [5, 5.41) is 0. The normalized spacial score (nSPS) is 24.7. The molecule has 124 valence electrons. The Morgan fingerprint density at radius 1 is 1.26 bits per heavy atom. The molecule has 3 rings (SSSR count). The summed E-state index contributed by atoms with van der Waals surface area (Å²) in [6, 6.07) is 0.107. The van der Waals surface area contributed by atoms with Gasteiger partial charge in [-0.15, -0.1) is 0 Å². The Kier molecular flexibility index (Phi) is 3.95. The van der Waals surface area contributed by atoms with Crippen molar-refractivity contribution in [2.45, 2.75) is 51.1 Å². The third-order valence-corrected chi connectivity index (χ3v) is 4.92. The lowest BCUT2D eigenvalue weighted by Crippen LogP contribution is -2.62. The molecule has 1 N–H and O–H groups in total. The Morgan fingerprint density at radius 2 is 1.96 bits per heavy atom. The van der Waals surface area contributed by atoms with Gasteiger partial charge in [0.1, 0.15) is 5.54 Å². The van der Waals surface area contributed by atoms with Crippen LogP contribution < -0.4 is 5.56 Å². The molecule has 0 saturated carbocycles. The van der Waals surface area contributed by atoms with Gasteiger partial charge in [0.05, 0.1) is 0 Å². The van der Waals surface area contributed by atoms with E-state index in [1.807, 2.05) is 18.7 Å². The van der Waals surface area contributed by atoms with E-state index < -0.39 is 17.0 Å². The fraction of sp³-hybridized carbons (Fsp3) is 0.625. The van der Waals surface area contributed by atoms with E-state index in [2.05, 4.69) is 9.97 Å². The molecule has 3 heterocycles. The SMILES string of the molecule is CC(C)N1CCCC2(CCCN2C(=O)c2ncc[nH]c2=O)C1=O. The van der Waals surface area contributed by atoms with Crippen LogP contribution in [0.5, 0.6) is 0 Å². The van der Waals surface area contributed by atoms with Crippen molar-refractivity contribution in [3.63, 3.8) is 0 Å². The molecule has 1 aromatic rings. The number of hydrogen-bond acceptors (Lipinski definition) is 4. The first-order chi connectivity index (χ1) is 11.0. The quantitative estimate of drug-likeness (QED) is 0.873. The number of nitrogens with one attached hydrogen (secondary N) is 1. The second-order valence-electron chi connectivity index (χ2n) is 6.55. The topological polar surface area (TPSA) is 86.4 Å². The van der Waals surface area contributed by atoms with Crippen LogP contribution in [-0.4, -0.2) is 56.3 Å². The molecule has 23 heavy (non-hydrogen) atoms. The van der Waals surface area contributed by atoms with Crippen molar-refractivity contribution in [2.24, 2.45) is 0 Å². The van der Waals surface area contributed by atoms with E-state index in [1.54, 1.807) is 4.90 Å². The van der Waals surface area contributed by atoms with Crippen molar-refractivity contribution in [1.29, 1.82) is 0 Å². The lowest BCUT2D eigenvalue weighted by molar-refractivity contribution is -0.147. The summed E-state index contributed by atoms with van der Waals surface area (Å²) in [6.45, 7) is 5.19. The van der Waals surface area contributed by atoms with Gasteiger partial charge in [0.15, 0.2) is 5.69 Å². The number of H-pyrrole nitrogens is 1. The highest BCUT2D eigenvalue weighted by atomic mass is 16.2. The van der Waals surface area contributed by atoms with Crippen molar-refractivity contribution in [3.05, 3.63) is 28.4 Å². The summed E-state index contributed by atoms with van der Waals surface area (Å²) >= 11 is 0. The maximum atomic E-state index is 13.0. The Labute approximate surface area is 134 Å². The van der Waals surface area contributed by atoms with Gasteiger partial charge >= 0.3 is 0 Å². The number of hydrogen-bond donors (Lipinski definition) is 1. The number of carbonyl (C=O) groups is 2. The molecule has 2 saturated heterocycles. The second kappa shape index (κ2) is 5.79. The van der Waals surface area contributed by atoms with E-state index in [9.17, 15) is 14.4 Å². The fourth-order valence-electron chi connectivity index (χ4n) is 3.80. The molecule has 0 aliphatic carbocycles. The van der Waals surface area contributed by atoms with Crippen molar-refractivity contribution < 1.29 is 9.59 Å². The first-order valence-electron chi connectivity index (χ1n) is 8.14. The zero-order valence-electron chi connectivity index (χ0n) is 13.5. The summed E-state index contributed by atoms with van der Waals surface area (Å²) in [5.74, 6) is -0.430. The van der Waals surface area contributed by atoms with Crippen molar-refractivity contribution in [1.82, 2.24) is 19.8 Å². The average Bonchev–Trinajstić information content (AvgIpc) is 2.94. The van der Waals surface area contributed by atoms with Gasteiger partial charge in [-0.05, 0) is 39.5 Å². The van der Waals surface area contributed by atoms with E-state index in [1.165, 1.54) is 12.4 Å². The molecule has 0 aromatic carbocycles. The van der Waals surface area contributed by atoms with E-state index >= 15 is 0 Å². The van der Waals surface area contributed by atoms with Crippen LogP contribution in [0, 0.1) is 0 Å². The van der Waals surface area contributed by atoms with Crippen molar-refractivity contribution >= 4 is 11.8 Å². The summed E-state index contributed by atoms with van der Waals surface area (Å²) in [4.78, 5) is 47.6. The van der Waals surface area contributed by atoms with Crippen LogP contribution >= 0.6 is 0 Å². The average molecular weight is 318 g/mol. The van der Waals surface area contributed by atoms with Crippen molar-refractivity contribution in [3.8, 4) is 0 Å². The molecule has 2 aliphatic rings. The van der Waals surface area contributed by atoms with Crippen LogP contribution in [0.3, 0.4) is 0 Å². The van der Waals surface area contributed by atoms with Gasteiger partial charge in [-0.3, -0.25) is 14.4 Å². The summed E-state index contributed by atoms with van der Waals surface area (Å²) < 4.78 is 0. The molecule has 0 bridgehead atoms. The molecule has 1 unspecified atom stereocenters. The summed E-state index contributed by atoms with van der Waals surface area (Å²) in [7, 11) is 0. The minimum absolute atomic E-state index is 0.0111. The number of carbonyl (C=O) groups excluding carboxylic acids is 2. The Balaban J connectivity index is 1.96. The Bertz CT molecular complexity index is 684. The number of likely N-dealkylation sites (tertiary alicyclic amines) is 2. The summed E-state index contributed by atoms with van der Waals surface area (Å²) in [6.07, 6.45) is 5.74. The van der Waals surface area contributed by atoms with Gasteiger partial charge in [0.25, 0.3) is 11.5 Å². The third-order valence-electron chi connectivity index (χ3n) is 4.92. The van der Waals surface area contributed by atoms with E-state index in [-0.39, 0.29) is 17.6 Å². The molecule has 7 nitrogen and oxygen atoms in total. The van der Waals surface area contributed by atoms with Gasteiger partial charge in [0.2, 0.25) is 5.91 Å². The lowest BCUT2D eigenvalue weighted by atomic mass is 9.84. The highest BCUT2D eigenvalue weighted by Crippen LogP contribution is 2.39. The van der Waals surface area contributed by atoms with Gasteiger partial charge in [0, 0.05) is 31.5 Å². The largest absolute Gasteiger partial charge is 0.338 e. The number of nitrogens with zero attached hydrogens (tertiary/aromatic N) is 3. The molecule has 1 aromatic heterocycles. The van der Waals surface area contributed by atoms with E-state index in [4.69, 9.17) is 0 Å². The number of aromatic nitrogens is 2. The highest BCUT2D eigenvalue weighted by molar-refractivity contribution is 5.98. The van der Waals surface area contributed by atoms with Gasteiger partial charge in [-0.1, -0.05) is 0 Å². The maximum Gasteiger partial charge on any atom is 0.279 e. The molecule has 7 heteroatoms. The van der Waals surface area contributed by atoms with Crippen LogP contribution in [0.1, 0.15) is 50.0 Å². The highest BCUT2D eigenvalue weighted by Gasteiger charge is 2.53. The first kappa shape index (κ1) is 15.7. The fourth-order valence-corrected chi connectivity index (χ4v) is 3.80. The predicted octanol–water partition coefficient (Wildman–Crippen LogP) is 0.776. The smallest absolute Gasteiger partial charge is 0.279 e. The number of piperidine rings is 1. The maximum absolute atomic E-state index is 13.0. The zero-order valence-corrected chi connectivity index (χ0v) is 13.5. The first-order valence-corrected chi connectivity index (χ1v) is 8.14. The Morgan fingerprint density at radius 3 is 2.61 bits per heavy atom. The molecule has 2 amide bonds.